The molecule has 126 valence electrons. The van der Waals surface area contributed by atoms with Gasteiger partial charge in [0.2, 0.25) is 0 Å². The van der Waals surface area contributed by atoms with Gasteiger partial charge in [0.25, 0.3) is 0 Å². The first-order valence-electron chi connectivity index (χ1n) is 5.05. The van der Waals surface area contributed by atoms with Crippen molar-refractivity contribution in [2.75, 3.05) is 13.1 Å². The molecule has 0 bridgehead atoms. The standard InChI is InChI=1S/C6H9F6N3O4S2/c7-5(8,9)20(16,17)14-3-1-13-2-4(3)15-21(18,19)6(10,11)12/h3-4,13-15H,1-2H2/t3-,4-/m1/s1. The molecule has 3 N–H and O–H groups in total. The van der Waals surface area contributed by atoms with Crippen LogP contribution < -0.4 is 14.8 Å². The summed E-state index contributed by atoms with van der Waals surface area (Å²) in [5.41, 5.74) is -11.3. The Balaban J connectivity index is 2.88. The van der Waals surface area contributed by atoms with Gasteiger partial charge in [-0.25, -0.2) is 26.3 Å². The average Bonchev–Trinajstić information content (AvgIpc) is 2.60. The number of alkyl halides is 6. The molecule has 0 aromatic heterocycles. The molecule has 21 heavy (non-hydrogen) atoms. The molecule has 0 spiro atoms. The fourth-order valence-corrected chi connectivity index (χ4v) is 3.02. The van der Waals surface area contributed by atoms with Crippen molar-refractivity contribution in [3.8, 4) is 0 Å². The molecule has 0 aliphatic carbocycles. The van der Waals surface area contributed by atoms with Gasteiger partial charge in [0, 0.05) is 13.1 Å². The van der Waals surface area contributed by atoms with Gasteiger partial charge in [-0.15, -0.1) is 0 Å². The minimum atomic E-state index is -5.81. The minimum Gasteiger partial charge on any atom is -0.313 e. The highest BCUT2D eigenvalue weighted by atomic mass is 32.2. The van der Waals surface area contributed by atoms with Crippen LogP contribution in [0.2, 0.25) is 0 Å². The van der Waals surface area contributed by atoms with E-state index < -0.39 is 56.2 Å². The summed E-state index contributed by atoms with van der Waals surface area (Å²) < 4.78 is 119. The normalized spacial score (nSPS) is 25.2. The van der Waals surface area contributed by atoms with E-state index in [2.05, 4.69) is 5.32 Å². The Kier molecular flexibility index (Phi) is 4.85. The average molecular weight is 365 g/mol. The molecule has 1 rings (SSSR count). The van der Waals surface area contributed by atoms with Crippen LogP contribution in [0.3, 0.4) is 0 Å². The highest BCUT2D eigenvalue weighted by molar-refractivity contribution is 7.90. The molecule has 7 nitrogen and oxygen atoms in total. The van der Waals surface area contributed by atoms with Crippen molar-refractivity contribution >= 4 is 20.0 Å². The summed E-state index contributed by atoms with van der Waals surface area (Å²) >= 11 is 0. The lowest BCUT2D eigenvalue weighted by atomic mass is 10.2. The summed E-state index contributed by atoms with van der Waals surface area (Å²) in [6.45, 7) is -0.944. The Morgan fingerprint density at radius 3 is 1.29 bits per heavy atom. The predicted molar refractivity (Wildman–Crippen MR) is 56.7 cm³/mol. The van der Waals surface area contributed by atoms with Crippen LogP contribution in [-0.2, 0) is 20.0 Å². The van der Waals surface area contributed by atoms with Crippen LogP contribution in [0.15, 0.2) is 0 Å². The van der Waals surface area contributed by atoms with E-state index in [0.29, 0.717) is 0 Å². The number of hydrogen-bond acceptors (Lipinski definition) is 5. The molecule has 0 amide bonds. The van der Waals surface area contributed by atoms with Crippen molar-refractivity contribution in [2.45, 2.75) is 23.1 Å². The highest BCUT2D eigenvalue weighted by Gasteiger charge is 2.51. The fraction of sp³-hybridized carbons (Fsp3) is 1.00. The Morgan fingerprint density at radius 1 is 0.762 bits per heavy atom. The lowest BCUT2D eigenvalue weighted by molar-refractivity contribution is -0.0463. The largest absolute Gasteiger partial charge is 0.511 e. The zero-order chi connectivity index (χ0) is 16.7. The zero-order valence-electron chi connectivity index (χ0n) is 9.79. The lowest BCUT2D eigenvalue weighted by Gasteiger charge is -2.22. The van der Waals surface area contributed by atoms with E-state index in [-0.39, 0.29) is 0 Å². The second-order valence-corrected chi connectivity index (χ2v) is 7.42. The van der Waals surface area contributed by atoms with Crippen molar-refractivity contribution in [1.29, 1.82) is 0 Å². The number of halogens is 6. The molecule has 1 aliphatic heterocycles. The van der Waals surface area contributed by atoms with Crippen LogP contribution in [0.5, 0.6) is 0 Å². The maximum atomic E-state index is 12.2. The lowest BCUT2D eigenvalue weighted by Crippen LogP contribution is -2.55. The summed E-state index contributed by atoms with van der Waals surface area (Å²) in [5, 5.41) is 2.28. The Hall–Kier alpha value is -0.640. The molecule has 0 saturated carbocycles. The third-order valence-corrected chi connectivity index (χ3v) is 4.88. The van der Waals surface area contributed by atoms with E-state index in [1.807, 2.05) is 0 Å². The number of sulfonamides is 2. The van der Waals surface area contributed by atoms with Crippen molar-refractivity contribution in [1.82, 2.24) is 14.8 Å². The molecule has 0 aromatic rings. The monoisotopic (exact) mass is 365 g/mol. The van der Waals surface area contributed by atoms with Crippen LogP contribution in [0, 0.1) is 0 Å². The van der Waals surface area contributed by atoms with Gasteiger partial charge in [-0.1, -0.05) is 0 Å². The van der Waals surface area contributed by atoms with Gasteiger partial charge in [0.15, 0.2) is 0 Å². The Labute approximate surface area is 115 Å². The molecule has 1 heterocycles. The third kappa shape index (κ3) is 4.18. The maximum absolute atomic E-state index is 12.2. The van der Waals surface area contributed by atoms with Crippen molar-refractivity contribution < 1.29 is 43.2 Å². The molecule has 1 aliphatic rings. The quantitative estimate of drug-likeness (QED) is 0.566. The maximum Gasteiger partial charge on any atom is 0.511 e. The van der Waals surface area contributed by atoms with E-state index in [1.165, 1.54) is 0 Å². The predicted octanol–water partition coefficient (Wildman–Crippen LogP) is -0.795. The van der Waals surface area contributed by atoms with Crippen LogP contribution in [0.4, 0.5) is 26.3 Å². The number of nitrogens with one attached hydrogen (secondary N) is 3. The molecular weight excluding hydrogens is 356 g/mol. The van der Waals surface area contributed by atoms with Gasteiger partial charge in [0.05, 0.1) is 12.1 Å². The van der Waals surface area contributed by atoms with Gasteiger partial charge in [-0.05, 0) is 0 Å². The van der Waals surface area contributed by atoms with E-state index in [9.17, 15) is 43.2 Å². The second kappa shape index (κ2) is 5.53. The smallest absolute Gasteiger partial charge is 0.313 e. The number of rotatable bonds is 4. The summed E-state index contributed by atoms with van der Waals surface area (Å²) in [5.74, 6) is 0. The first-order valence-corrected chi connectivity index (χ1v) is 8.02. The summed E-state index contributed by atoms with van der Waals surface area (Å²) in [6, 6.07) is -3.43. The molecule has 0 radical (unpaired) electrons. The Bertz CT molecular complexity index is 531. The highest BCUT2D eigenvalue weighted by Crippen LogP contribution is 2.24. The van der Waals surface area contributed by atoms with Gasteiger partial charge >= 0.3 is 31.1 Å². The van der Waals surface area contributed by atoms with Gasteiger partial charge in [0.1, 0.15) is 0 Å². The fourth-order valence-electron chi connectivity index (χ4n) is 1.46. The Morgan fingerprint density at radius 2 is 1.05 bits per heavy atom. The second-order valence-electron chi connectivity index (χ2n) is 4.01. The topological polar surface area (TPSA) is 104 Å². The molecule has 15 heteroatoms. The van der Waals surface area contributed by atoms with Crippen molar-refractivity contribution in [3.63, 3.8) is 0 Å². The van der Waals surface area contributed by atoms with Crippen LogP contribution in [-0.4, -0.2) is 53.0 Å². The van der Waals surface area contributed by atoms with E-state index in [4.69, 9.17) is 0 Å². The van der Waals surface area contributed by atoms with Gasteiger partial charge in [-0.2, -0.15) is 26.3 Å². The summed E-state index contributed by atoms with van der Waals surface area (Å²) in [6.07, 6.45) is 0. The first-order chi connectivity index (χ1) is 9.17. The minimum absolute atomic E-state index is 0.472. The molecule has 1 saturated heterocycles. The molecule has 2 atom stereocenters. The molecule has 0 unspecified atom stereocenters. The van der Waals surface area contributed by atoms with Crippen molar-refractivity contribution in [3.05, 3.63) is 0 Å². The van der Waals surface area contributed by atoms with E-state index in [0.717, 1.165) is 9.44 Å². The van der Waals surface area contributed by atoms with Gasteiger partial charge in [-0.3, -0.25) is 0 Å². The van der Waals surface area contributed by atoms with Crippen LogP contribution in [0.1, 0.15) is 0 Å². The number of hydrogen-bond donors (Lipinski definition) is 3. The summed E-state index contributed by atoms with van der Waals surface area (Å²) in [7, 11) is -11.6. The van der Waals surface area contributed by atoms with E-state index >= 15 is 0 Å². The first kappa shape index (κ1) is 18.4. The molecular formula is C6H9F6N3O4S2. The SMILES string of the molecule is O=S(=O)(N[C@@H]1CNC[C@H]1NS(=O)(=O)C(F)(F)F)C(F)(F)F. The van der Waals surface area contributed by atoms with Crippen LogP contribution in [0.25, 0.3) is 0 Å². The third-order valence-electron chi connectivity index (χ3n) is 2.44. The van der Waals surface area contributed by atoms with Gasteiger partial charge < -0.3 is 5.32 Å². The molecule has 1 fully saturated rings. The van der Waals surface area contributed by atoms with Crippen LogP contribution >= 0.6 is 0 Å². The summed E-state index contributed by atoms with van der Waals surface area (Å²) in [4.78, 5) is 0. The zero-order valence-corrected chi connectivity index (χ0v) is 11.4. The van der Waals surface area contributed by atoms with Crippen molar-refractivity contribution in [2.24, 2.45) is 0 Å². The van der Waals surface area contributed by atoms with E-state index in [1.54, 1.807) is 0 Å². The molecule has 0 aromatic carbocycles.